The van der Waals surface area contributed by atoms with Crippen LogP contribution in [-0.4, -0.2) is 20.0 Å². The highest BCUT2D eigenvalue weighted by molar-refractivity contribution is 6.08. The fourth-order valence-corrected chi connectivity index (χ4v) is 3.55. The van der Waals surface area contributed by atoms with Crippen molar-refractivity contribution >= 4 is 22.6 Å². The van der Waals surface area contributed by atoms with Crippen LogP contribution in [0.15, 0.2) is 71.1 Å². The number of nitrogens with one attached hydrogen (secondary N) is 1. The molecule has 4 heteroatoms. The summed E-state index contributed by atoms with van der Waals surface area (Å²) in [5.41, 5.74) is 7.01. The third kappa shape index (κ3) is 3.94. The molecule has 4 aromatic rings. The van der Waals surface area contributed by atoms with Crippen LogP contribution in [0.2, 0.25) is 0 Å². The summed E-state index contributed by atoms with van der Waals surface area (Å²) in [6.45, 7) is 4.54. The monoisotopic (exact) mass is 398 g/mol. The normalized spacial score (nSPS) is 10.9. The first kappa shape index (κ1) is 19.8. The van der Waals surface area contributed by atoms with E-state index >= 15 is 0 Å². The summed E-state index contributed by atoms with van der Waals surface area (Å²) >= 11 is 0. The second kappa shape index (κ2) is 8.07. The first-order valence-corrected chi connectivity index (χ1v) is 10.1. The SMILES string of the molecule is Cc1ccc(-c2c(C(=O)NCc3ccc(N(C)C)cc3)oc3ccc(C)cc23)cc1. The van der Waals surface area contributed by atoms with Crippen molar-refractivity contribution in [2.75, 3.05) is 19.0 Å². The average Bonchev–Trinajstić information content (AvgIpc) is 3.11. The molecule has 4 nitrogen and oxygen atoms in total. The van der Waals surface area contributed by atoms with Gasteiger partial charge in [0.1, 0.15) is 5.58 Å². The number of aryl methyl sites for hydroxylation is 2. The quantitative estimate of drug-likeness (QED) is 0.468. The lowest BCUT2D eigenvalue weighted by atomic mass is 9.99. The minimum absolute atomic E-state index is 0.212. The van der Waals surface area contributed by atoms with Crippen molar-refractivity contribution in [2.45, 2.75) is 20.4 Å². The first-order valence-electron chi connectivity index (χ1n) is 10.1. The fraction of sp³-hybridized carbons (Fsp3) is 0.192. The van der Waals surface area contributed by atoms with Gasteiger partial charge in [-0.25, -0.2) is 0 Å². The van der Waals surface area contributed by atoms with Gasteiger partial charge in [-0.3, -0.25) is 4.79 Å². The Labute approximate surface area is 177 Å². The minimum atomic E-state index is -0.212. The van der Waals surface area contributed by atoms with Crippen LogP contribution in [-0.2, 0) is 6.54 Å². The Hall–Kier alpha value is -3.53. The predicted octanol–water partition coefficient (Wildman–Crippen LogP) is 5.71. The van der Waals surface area contributed by atoms with Gasteiger partial charge in [0.05, 0.1) is 0 Å². The molecule has 0 atom stereocenters. The van der Waals surface area contributed by atoms with E-state index in [-0.39, 0.29) is 5.91 Å². The van der Waals surface area contributed by atoms with E-state index in [1.807, 2.05) is 74.4 Å². The first-order chi connectivity index (χ1) is 14.4. The Kier molecular flexibility index (Phi) is 5.32. The fourth-order valence-electron chi connectivity index (χ4n) is 3.55. The molecule has 0 bridgehead atoms. The number of amides is 1. The molecule has 0 radical (unpaired) electrons. The molecule has 1 N–H and O–H groups in total. The second-order valence-corrected chi connectivity index (χ2v) is 7.92. The molecule has 1 heterocycles. The van der Waals surface area contributed by atoms with E-state index in [4.69, 9.17) is 4.42 Å². The van der Waals surface area contributed by atoms with Crippen LogP contribution in [0.5, 0.6) is 0 Å². The van der Waals surface area contributed by atoms with Crippen LogP contribution in [0.25, 0.3) is 22.1 Å². The number of fused-ring (bicyclic) bond motifs is 1. The molecular weight excluding hydrogens is 372 g/mol. The van der Waals surface area contributed by atoms with Gasteiger partial charge in [0.2, 0.25) is 5.76 Å². The number of benzene rings is 3. The molecule has 0 fully saturated rings. The number of carbonyl (C=O) groups is 1. The summed E-state index contributed by atoms with van der Waals surface area (Å²) in [7, 11) is 4.01. The summed E-state index contributed by atoms with van der Waals surface area (Å²) in [5.74, 6) is 0.139. The largest absolute Gasteiger partial charge is 0.450 e. The molecule has 1 aromatic heterocycles. The summed E-state index contributed by atoms with van der Waals surface area (Å²) in [6.07, 6.45) is 0. The third-order valence-electron chi connectivity index (χ3n) is 5.30. The van der Waals surface area contributed by atoms with Crippen molar-refractivity contribution in [1.29, 1.82) is 0 Å². The Balaban J connectivity index is 1.66. The zero-order valence-corrected chi connectivity index (χ0v) is 17.8. The minimum Gasteiger partial charge on any atom is -0.450 e. The van der Waals surface area contributed by atoms with E-state index < -0.39 is 0 Å². The number of anilines is 1. The highest BCUT2D eigenvalue weighted by Crippen LogP contribution is 2.35. The molecule has 0 saturated heterocycles. The second-order valence-electron chi connectivity index (χ2n) is 7.92. The molecule has 4 rings (SSSR count). The van der Waals surface area contributed by atoms with E-state index in [0.717, 1.165) is 38.9 Å². The van der Waals surface area contributed by atoms with Gasteiger partial charge < -0.3 is 14.6 Å². The van der Waals surface area contributed by atoms with Crippen LogP contribution in [0.4, 0.5) is 5.69 Å². The van der Waals surface area contributed by atoms with E-state index in [0.29, 0.717) is 12.3 Å². The van der Waals surface area contributed by atoms with Gasteiger partial charge in [0.25, 0.3) is 5.91 Å². The number of rotatable bonds is 5. The van der Waals surface area contributed by atoms with Crippen LogP contribution >= 0.6 is 0 Å². The van der Waals surface area contributed by atoms with Crippen molar-refractivity contribution in [1.82, 2.24) is 5.32 Å². The molecule has 0 aliphatic heterocycles. The zero-order chi connectivity index (χ0) is 21.3. The average molecular weight is 399 g/mol. The number of furan rings is 1. The molecule has 30 heavy (non-hydrogen) atoms. The molecule has 0 aliphatic carbocycles. The Bertz CT molecular complexity index is 1190. The summed E-state index contributed by atoms with van der Waals surface area (Å²) in [4.78, 5) is 15.1. The Morgan fingerprint density at radius 3 is 2.23 bits per heavy atom. The maximum atomic E-state index is 13.1. The van der Waals surface area contributed by atoms with Gasteiger partial charge in [-0.05, 0) is 49.2 Å². The lowest BCUT2D eigenvalue weighted by Crippen LogP contribution is -2.23. The highest BCUT2D eigenvalue weighted by Gasteiger charge is 2.22. The number of hydrogen-bond acceptors (Lipinski definition) is 3. The smallest absolute Gasteiger partial charge is 0.287 e. The summed E-state index contributed by atoms with van der Waals surface area (Å²) < 4.78 is 6.02. The lowest BCUT2D eigenvalue weighted by Gasteiger charge is -2.13. The van der Waals surface area contributed by atoms with E-state index in [1.165, 1.54) is 5.56 Å². The molecule has 1 amide bonds. The van der Waals surface area contributed by atoms with Gasteiger partial charge in [-0.2, -0.15) is 0 Å². The van der Waals surface area contributed by atoms with E-state index in [1.54, 1.807) is 0 Å². The van der Waals surface area contributed by atoms with Gasteiger partial charge in [-0.15, -0.1) is 0 Å². The Morgan fingerprint density at radius 2 is 1.57 bits per heavy atom. The van der Waals surface area contributed by atoms with Crippen LogP contribution in [0.1, 0.15) is 27.2 Å². The van der Waals surface area contributed by atoms with Gasteiger partial charge in [0.15, 0.2) is 0 Å². The van der Waals surface area contributed by atoms with Gasteiger partial charge >= 0.3 is 0 Å². The van der Waals surface area contributed by atoms with Gasteiger partial charge in [0, 0.05) is 37.3 Å². The summed E-state index contributed by atoms with van der Waals surface area (Å²) in [5, 5.41) is 3.97. The molecular formula is C26H26N2O2. The molecule has 3 aromatic carbocycles. The van der Waals surface area contributed by atoms with Crippen molar-refractivity contribution in [3.05, 3.63) is 89.2 Å². The molecule has 0 aliphatic rings. The number of hydrogen-bond donors (Lipinski definition) is 1. The van der Waals surface area contributed by atoms with Crippen LogP contribution < -0.4 is 10.2 Å². The Morgan fingerprint density at radius 1 is 0.900 bits per heavy atom. The summed E-state index contributed by atoms with van der Waals surface area (Å²) in [6, 6.07) is 22.3. The van der Waals surface area contributed by atoms with Crippen molar-refractivity contribution in [2.24, 2.45) is 0 Å². The molecule has 0 unspecified atom stereocenters. The van der Waals surface area contributed by atoms with Crippen molar-refractivity contribution in [3.63, 3.8) is 0 Å². The third-order valence-corrected chi connectivity index (χ3v) is 5.30. The maximum absolute atomic E-state index is 13.1. The van der Waals surface area contributed by atoms with Crippen LogP contribution in [0, 0.1) is 13.8 Å². The van der Waals surface area contributed by atoms with Crippen molar-refractivity contribution in [3.8, 4) is 11.1 Å². The topological polar surface area (TPSA) is 45.5 Å². The van der Waals surface area contributed by atoms with E-state index in [2.05, 4.69) is 30.4 Å². The highest BCUT2D eigenvalue weighted by atomic mass is 16.3. The maximum Gasteiger partial charge on any atom is 0.287 e. The zero-order valence-electron chi connectivity index (χ0n) is 17.8. The molecule has 152 valence electrons. The molecule has 0 spiro atoms. The van der Waals surface area contributed by atoms with E-state index in [9.17, 15) is 4.79 Å². The van der Waals surface area contributed by atoms with Crippen molar-refractivity contribution < 1.29 is 9.21 Å². The standard InChI is InChI=1S/C26H26N2O2/c1-17-5-10-20(11-6-17)24-22-15-18(2)7-14-23(22)30-25(24)26(29)27-16-19-8-12-21(13-9-19)28(3)4/h5-15H,16H2,1-4H3,(H,27,29). The lowest BCUT2D eigenvalue weighted by molar-refractivity contribution is 0.0926. The predicted molar refractivity (Wildman–Crippen MR) is 123 cm³/mol. The van der Waals surface area contributed by atoms with Crippen LogP contribution in [0.3, 0.4) is 0 Å². The number of nitrogens with zero attached hydrogens (tertiary/aromatic N) is 1. The molecule has 0 saturated carbocycles. The van der Waals surface area contributed by atoms with Gasteiger partial charge in [-0.1, -0.05) is 53.6 Å². The number of carbonyl (C=O) groups excluding carboxylic acids is 1.